The van der Waals surface area contributed by atoms with Gasteiger partial charge in [-0.05, 0) is 38.8 Å². The van der Waals surface area contributed by atoms with E-state index in [1.54, 1.807) is 0 Å². The summed E-state index contributed by atoms with van der Waals surface area (Å²) in [5, 5.41) is 30.4. The number of carbonyl (C=O) groups is 3. The van der Waals surface area contributed by atoms with Crippen molar-refractivity contribution in [3.8, 4) is 0 Å². The van der Waals surface area contributed by atoms with Gasteiger partial charge < -0.3 is 31.7 Å². The zero-order valence-corrected chi connectivity index (χ0v) is 13.7. The molecule has 23 heavy (non-hydrogen) atoms. The lowest BCUT2D eigenvalue weighted by molar-refractivity contribution is -0.140. The van der Waals surface area contributed by atoms with Gasteiger partial charge in [0.25, 0.3) is 0 Å². The molecule has 0 aromatic rings. The standard InChI is InChI=1S/2C5H9NO2.C3H7NO2S/c2*7-5(8)4-2-1-3-6-4;4-2(1-7)3(5)6/h2*4,6H,1-3H2,(H,7,8);2,7H,1,4H2,(H,5,6)/t2*4-;2-/m000/s1. The number of rotatable bonds is 4. The summed E-state index contributed by atoms with van der Waals surface area (Å²) in [7, 11) is 0. The summed E-state index contributed by atoms with van der Waals surface area (Å²) >= 11 is 3.65. The topological polar surface area (TPSA) is 162 Å². The summed E-state index contributed by atoms with van der Waals surface area (Å²) in [5.74, 6) is -2.25. The van der Waals surface area contributed by atoms with Crippen LogP contribution in [0.1, 0.15) is 25.7 Å². The SMILES string of the molecule is N[C@@H](CS)C(=O)O.O=C(O)[C@@H]1CCCN1.O=C(O)[C@@H]1CCCN1. The van der Waals surface area contributed by atoms with E-state index in [0.29, 0.717) is 0 Å². The van der Waals surface area contributed by atoms with E-state index in [1.165, 1.54) is 0 Å². The second kappa shape index (κ2) is 12.1. The van der Waals surface area contributed by atoms with Gasteiger partial charge in [0.05, 0.1) is 0 Å². The minimum absolute atomic E-state index is 0.190. The van der Waals surface area contributed by atoms with Crippen LogP contribution in [0, 0.1) is 0 Å². The first kappa shape index (κ1) is 21.6. The van der Waals surface area contributed by atoms with Crippen molar-refractivity contribution in [3.63, 3.8) is 0 Å². The van der Waals surface area contributed by atoms with E-state index in [1.807, 2.05) is 0 Å². The fourth-order valence-electron chi connectivity index (χ4n) is 1.87. The van der Waals surface area contributed by atoms with Crippen molar-refractivity contribution in [3.05, 3.63) is 0 Å². The highest BCUT2D eigenvalue weighted by Gasteiger charge is 2.20. The molecule has 10 heteroatoms. The zero-order valence-electron chi connectivity index (χ0n) is 12.8. The third kappa shape index (κ3) is 10.1. The number of carboxylic acids is 3. The van der Waals surface area contributed by atoms with Crippen molar-refractivity contribution in [2.75, 3.05) is 18.8 Å². The molecule has 134 valence electrons. The van der Waals surface area contributed by atoms with Crippen LogP contribution < -0.4 is 16.4 Å². The molecule has 2 fully saturated rings. The van der Waals surface area contributed by atoms with Gasteiger partial charge in [0.2, 0.25) is 0 Å². The Hall–Kier alpha value is -1.36. The van der Waals surface area contributed by atoms with Gasteiger partial charge in [-0.3, -0.25) is 14.4 Å². The number of hydrogen-bond donors (Lipinski definition) is 7. The Kier molecular flexibility index (Phi) is 11.4. The predicted octanol–water partition coefficient (Wildman–Crippen LogP) is -1.03. The molecule has 0 aliphatic carbocycles. The largest absolute Gasteiger partial charge is 0.480 e. The zero-order chi connectivity index (χ0) is 17.8. The minimum Gasteiger partial charge on any atom is -0.480 e. The van der Waals surface area contributed by atoms with Gasteiger partial charge in [-0.25, -0.2) is 0 Å². The monoisotopic (exact) mass is 351 g/mol. The molecule has 0 spiro atoms. The molecule has 2 heterocycles. The Morgan fingerprint density at radius 1 is 1.00 bits per heavy atom. The molecule has 0 bridgehead atoms. The summed E-state index contributed by atoms with van der Waals surface area (Å²) in [6.07, 6.45) is 3.57. The van der Waals surface area contributed by atoms with Crippen LogP contribution in [0.3, 0.4) is 0 Å². The average Bonchev–Trinajstić information content (AvgIpc) is 3.20. The van der Waals surface area contributed by atoms with Gasteiger partial charge >= 0.3 is 17.9 Å². The fraction of sp³-hybridized carbons (Fsp3) is 0.769. The molecule has 9 nitrogen and oxygen atoms in total. The summed E-state index contributed by atoms with van der Waals surface area (Å²) in [6.45, 7) is 1.72. The number of aliphatic carboxylic acids is 3. The molecule has 2 aliphatic heterocycles. The summed E-state index contributed by atoms with van der Waals surface area (Å²) in [5.41, 5.74) is 4.94. The van der Waals surface area contributed by atoms with E-state index in [-0.39, 0.29) is 17.8 Å². The molecular formula is C13H25N3O6S. The Morgan fingerprint density at radius 2 is 1.39 bits per heavy atom. The lowest BCUT2D eigenvalue weighted by atomic mass is 10.2. The molecule has 0 amide bonds. The summed E-state index contributed by atoms with van der Waals surface area (Å²) in [4.78, 5) is 30.0. The molecule has 2 aliphatic rings. The molecule has 0 aromatic carbocycles. The van der Waals surface area contributed by atoms with Crippen molar-refractivity contribution in [2.45, 2.75) is 43.8 Å². The first-order valence-corrected chi connectivity index (χ1v) is 7.94. The van der Waals surface area contributed by atoms with Crippen LogP contribution in [0.15, 0.2) is 0 Å². The molecule has 0 aromatic heterocycles. The average molecular weight is 351 g/mol. The van der Waals surface area contributed by atoms with Crippen LogP contribution in [0.25, 0.3) is 0 Å². The summed E-state index contributed by atoms with van der Waals surface area (Å²) < 4.78 is 0. The highest BCUT2D eigenvalue weighted by Crippen LogP contribution is 2.04. The second-order valence-corrected chi connectivity index (χ2v) is 5.47. The molecule has 0 saturated carbocycles. The Bertz CT molecular complexity index is 358. The van der Waals surface area contributed by atoms with Crippen molar-refractivity contribution in [1.82, 2.24) is 10.6 Å². The van der Waals surface area contributed by atoms with E-state index in [4.69, 9.17) is 21.1 Å². The van der Waals surface area contributed by atoms with Gasteiger partial charge in [0.1, 0.15) is 18.1 Å². The highest BCUT2D eigenvalue weighted by atomic mass is 32.1. The molecule has 0 radical (unpaired) electrons. The van der Waals surface area contributed by atoms with Gasteiger partial charge in [-0.15, -0.1) is 0 Å². The Labute approximate surface area is 140 Å². The quantitative estimate of drug-likeness (QED) is 0.314. The Balaban J connectivity index is 0.000000317. The predicted molar refractivity (Wildman–Crippen MR) is 86.8 cm³/mol. The van der Waals surface area contributed by atoms with Gasteiger partial charge in [-0.2, -0.15) is 12.6 Å². The molecule has 3 atom stereocenters. The van der Waals surface area contributed by atoms with Crippen LogP contribution in [-0.2, 0) is 14.4 Å². The van der Waals surface area contributed by atoms with Crippen LogP contribution in [0.5, 0.6) is 0 Å². The molecular weight excluding hydrogens is 326 g/mol. The van der Waals surface area contributed by atoms with E-state index in [2.05, 4.69) is 23.3 Å². The van der Waals surface area contributed by atoms with Crippen LogP contribution in [0.2, 0.25) is 0 Å². The molecule has 2 saturated heterocycles. The van der Waals surface area contributed by atoms with Gasteiger partial charge in [0, 0.05) is 5.75 Å². The number of thiol groups is 1. The van der Waals surface area contributed by atoms with Gasteiger partial charge in [0.15, 0.2) is 0 Å². The molecule has 2 rings (SSSR count). The first-order valence-electron chi connectivity index (χ1n) is 7.31. The van der Waals surface area contributed by atoms with Crippen molar-refractivity contribution in [2.24, 2.45) is 5.73 Å². The molecule has 7 N–H and O–H groups in total. The van der Waals surface area contributed by atoms with E-state index < -0.39 is 23.9 Å². The smallest absolute Gasteiger partial charge is 0.321 e. The first-order chi connectivity index (χ1) is 10.8. The number of carboxylic acid groups (broad SMARTS) is 3. The van der Waals surface area contributed by atoms with E-state index in [9.17, 15) is 14.4 Å². The van der Waals surface area contributed by atoms with Crippen molar-refractivity contribution in [1.29, 1.82) is 0 Å². The lowest BCUT2D eigenvalue weighted by Crippen LogP contribution is -2.31. The third-order valence-corrected chi connectivity index (χ3v) is 3.62. The van der Waals surface area contributed by atoms with E-state index in [0.717, 1.165) is 38.8 Å². The lowest BCUT2D eigenvalue weighted by Gasteiger charge is -1.99. The maximum absolute atomic E-state index is 10.1. The van der Waals surface area contributed by atoms with Gasteiger partial charge in [-0.1, -0.05) is 0 Å². The third-order valence-electron chi connectivity index (χ3n) is 3.23. The minimum atomic E-state index is -1.00. The van der Waals surface area contributed by atoms with Crippen molar-refractivity contribution < 1.29 is 29.7 Å². The van der Waals surface area contributed by atoms with Crippen LogP contribution in [-0.4, -0.2) is 70.2 Å². The highest BCUT2D eigenvalue weighted by molar-refractivity contribution is 7.80. The maximum atomic E-state index is 10.1. The number of hydrogen-bond acceptors (Lipinski definition) is 7. The normalized spacial score (nSPS) is 23.7. The van der Waals surface area contributed by atoms with Crippen molar-refractivity contribution >= 4 is 30.5 Å². The Morgan fingerprint density at radius 3 is 1.48 bits per heavy atom. The maximum Gasteiger partial charge on any atom is 0.321 e. The number of nitrogens with one attached hydrogen (secondary N) is 2. The van der Waals surface area contributed by atoms with Crippen LogP contribution >= 0.6 is 12.6 Å². The summed E-state index contributed by atoms with van der Waals surface area (Å²) in [6, 6.07) is -1.35. The van der Waals surface area contributed by atoms with E-state index >= 15 is 0 Å². The van der Waals surface area contributed by atoms with Crippen LogP contribution in [0.4, 0.5) is 0 Å². The molecule has 0 unspecified atom stereocenters. The second-order valence-electron chi connectivity index (χ2n) is 5.10. The fourth-order valence-corrected chi connectivity index (χ4v) is 2.02. The number of nitrogens with two attached hydrogens (primary N) is 1.